The third-order valence-electron chi connectivity index (χ3n) is 9.44. The van der Waals surface area contributed by atoms with Gasteiger partial charge in [-0.2, -0.15) is 5.26 Å². The van der Waals surface area contributed by atoms with Gasteiger partial charge in [-0.25, -0.2) is 9.97 Å². The SMILES string of the molecule is CC(=O)N1CCN(c2ccc(OC[C@H]3CO[C@](Cn4ccnc4)(c4ccc(Cl)cc4Cl)O3)cc2)CC1.N#C/C(=C1\SCC(c2ccccc2Cl)S1)n1ccnc1. The van der Waals surface area contributed by atoms with Crippen molar-refractivity contribution in [1.29, 1.82) is 5.26 Å². The van der Waals surface area contributed by atoms with Crippen molar-refractivity contribution in [1.82, 2.24) is 24.0 Å². The van der Waals surface area contributed by atoms with E-state index in [0.29, 0.717) is 41.1 Å². The number of amides is 1. The molecule has 16 heteroatoms. The van der Waals surface area contributed by atoms with Crippen LogP contribution in [0.3, 0.4) is 0 Å². The van der Waals surface area contributed by atoms with Crippen molar-refractivity contribution in [2.24, 2.45) is 0 Å². The molecule has 1 unspecified atom stereocenters. The summed E-state index contributed by atoms with van der Waals surface area (Å²) in [6, 6.07) is 23.4. The van der Waals surface area contributed by atoms with E-state index >= 15 is 0 Å². The van der Waals surface area contributed by atoms with Gasteiger partial charge in [0.15, 0.2) is 0 Å². The Morgan fingerprint density at radius 3 is 2.43 bits per heavy atom. The number of aromatic nitrogens is 4. The lowest BCUT2D eigenvalue weighted by Crippen LogP contribution is -2.48. The van der Waals surface area contributed by atoms with Crippen LogP contribution >= 0.6 is 58.3 Å². The molecule has 1 amide bonds. The van der Waals surface area contributed by atoms with Gasteiger partial charge in [0.05, 0.1) is 35.1 Å². The van der Waals surface area contributed by atoms with Crippen LogP contribution in [-0.2, 0) is 26.6 Å². The highest BCUT2D eigenvalue weighted by molar-refractivity contribution is 8.25. The third-order valence-corrected chi connectivity index (χ3v) is 13.3. The van der Waals surface area contributed by atoms with Gasteiger partial charge in [0.1, 0.15) is 30.2 Å². The number of hydrogen-bond acceptors (Lipinski definition) is 10. The molecule has 3 saturated heterocycles. The fourth-order valence-corrected chi connectivity index (χ4v) is 10.4. The maximum absolute atomic E-state index is 11.6. The van der Waals surface area contributed by atoms with Crippen LogP contribution in [0.25, 0.3) is 5.70 Å². The fourth-order valence-electron chi connectivity index (χ4n) is 6.56. The molecule has 0 aliphatic carbocycles. The molecule has 3 atom stereocenters. The maximum atomic E-state index is 11.6. The van der Waals surface area contributed by atoms with Crippen molar-refractivity contribution in [3.8, 4) is 11.8 Å². The Bertz CT molecular complexity index is 2180. The van der Waals surface area contributed by atoms with E-state index in [-0.39, 0.29) is 17.3 Å². The number of nitriles is 1. The second-order valence-electron chi connectivity index (χ2n) is 13.1. The Morgan fingerprint density at radius 1 is 0.982 bits per heavy atom. The molecule has 0 spiro atoms. The van der Waals surface area contributed by atoms with E-state index in [1.807, 2.05) is 70.3 Å². The van der Waals surface area contributed by atoms with Crippen LogP contribution < -0.4 is 9.64 Å². The Morgan fingerprint density at radius 2 is 1.75 bits per heavy atom. The number of ether oxygens (including phenoxy) is 3. The molecule has 3 aliphatic rings. The van der Waals surface area contributed by atoms with Crippen LogP contribution in [0.5, 0.6) is 5.75 Å². The van der Waals surface area contributed by atoms with Gasteiger partial charge in [-0.05, 0) is 48.0 Å². The molecule has 3 aromatic carbocycles. The molecule has 0 N–H and O–H groups in total. The van der Waals surface area contributed by atoms with E-state index < -0.39 is 5.79 Å². The standard InChI is InChI=1S/C26H28Cl2N4O4.C14H10ClN3S2/c1-19(33)31-10-12-32(13-11-31)21-3-5-22(6-4-21)34-15-23-16-35-26(36-23,17-30-9-8-29-18-30)24-7-2-20(27)14-25(24)28;15-11-4-2-1-3-10(11)13-8-19-14(20-13)12(7-16)18-6-5-17-9-18/h2-9,14,18,23H,10-13,15-17H2,1H3;1-6,9,13H,8H2/b;14-12-/t23-,26-;/m0./s1. The van der Waals surface area contributed by atoms with Crippen LogP contribution in [0.1, 0.15) is 23.3 Å². The molecule has 56 heavy (non-hydrogen) atoms. The van der Waals surface area contributed by atoms with E-state index in [0.717, 1.165) is 58.2 Å². The van der Waals surface area contributed by atoms with E-state index in [9.17, 15) is 10.1 Å². The molecular formula is C40H38Cl3N7O4S2. The number of imidazole rings is 2. The average molecular weight is 851 g/mol. The van der Waals surface area contributed by atoms with Gasteiger partial charge in [-0.3, -0.25) is 9.36 Å². The number of piperazine rings is 1. The van der Waals surface area contributed by atoms with Gasteiger partial charge in [-0.15, -0.1) is 23.5 Å². The summed E-state index contributed by atoms with van der Waals surface area (Å²) in [5, 5.41) is 11.5. The van der Waals surface area contributed by atoms with Gasteiger partial charge >= 0.3 is 0 Å². The summed E-state index contributed by atoms with van der Waals surface area (Å²) in [5.41, 5.74) is 3.58. The predicted molar refractivity (Wildman–Crippen MR) is 223 cm³/mol. The number of hydrogen-bond donors (Lipinski definition) is 0. The van der Waals surface area contributed by atoms with Gasteiger partial charge in [0.2, 0.25) is 11.7 Å². The smallest absolute Gasteiger partial charge is 0.219 e. The number of carbonyl (C=O) groups excluding carboxylic acids is 1. The number of nitrogens with zero attached hydrogens (tertiary/aromatic N) is 7. The van der Waals surface area contributed by atoms with Crippen LogP contribution in [0, 0.1) is 11.3 Å². The molecule has 5 aromatic rings. The first-order valence-corrected chi connectivity index (χ1v) is 20.8. The van der Waals surface area contributed by atoms with Crippen LogP contribution in [0.2, 0.25) is 15.1 Å². The number of thioether (sulfide) groups is 2. The zero-order chi connectivity index (χ0) is 39.1. The first-order valence-electron chi connectivity index (χ1n) is 17.8. The molecule has 5 heterocycles. The predicted octanol–water partition coefficient (Wildman–Crippen LogP) is 8.61. The molecular weight excluding hydrogens is 813 g/mol. The minimum Gasteiger partial charge on any atom is -0.491 e. The van der Waals surface area contributed by atoms with Crippen LogP contribution in [0.4, 0.5) is 5.69 Å². The number of anilines is 1. The molecule has 3 aliphatic heterocycles. The first kappa shape index (κ1) is 40.1. The molecule has 11 nitrogen and oxygen atoms in total. The second kappa shape index (κ2) is 18.4. The van der Waals surface area contributed by atoms with Crippen molar-refractivity contribution in [2.45, 2.75) is 30.6 Å². The van der Waals surface area contributed by atoms with Crippen molar-refractivity contribution < 1.29 is 19.0 Å². The molecule has 0 bridgehead atoms. The zero-order valence-electron chi connectivity index (χ0n) is 30.3. The van der Waals surface area contributed by atoms with Gasteiger partial charge in [-0.1, -0.05) is 59.1 Å². The molecule has 0 saturated carbocycles. The van der Waals surface area contributed by atoms with E-state index in [2.05, 4.69) is 20.9 Å². The quantitative estimate of drug-likeness (QED) is 0.134. The van der Waals surface area contributed by atoms with Gasteiger partial charge in [0.25, 0.3) is 0 Å². The lowest BCUT2D eigenvalue weighted by Gasteiger charge is -2.35. The lowest BCUT2D eigenvalue weighted by atomic mass is 10.1. The molecule has 8 rings (SSSR count). The minimum absolute atomic E-state index is 0.129. The second-order valence-corrected chi connectivity index (χ2v) is 16.9. The number of allylic oxidation sites excluding steroid dienone is 1. The minimum atomic E-state index is -1.08. The summed E-state index contributed by atoms with van der Waals surface area (Å²) in [5.74, 6) is 0.719. The Hall–Kier alpha value is -4.13. The Labute approximate surface area is 349 Å². The highest BCUT2D eigenvalue weighted by Crippen LogP contribution is 2.53. The van der Waals surface area contributed by atoms with Crippen molar-refractivity contribution >= 4 is 75.6 Å². The van der Waals surface area contributed by atoms with Crippen LogP contribution in [0.15, 0.2) is 108 Å². The Kier molecular flexibility index (Phi) is 13.2. The summed E-state index contributed by atoms with van der Waals surface area (Å²) >= 11 is 22.3. The largest absolute Gasteiger partial charge is 0.491 e. The highest BCUT2D eigenvalue weighted by atomic mass is 35.5. The maximum Gasteiger partial charge on any atom is 0.219 e. The fraction of sp³-hybridized carbons (Fsp3) is 0.300. The lowest BCUT2D eigenvalue weighted by molar-refractivity contribution is -0.189. The zero-order valence-corrected chi connectivity index (χ0v) is 34.2. The number of carbonyl (C=O) groups is 1. The molecule has 3 fully saturated rings. The van der Waals surface area contributed by atoms with E-state index in [1.54, 1.807) is 78.4 Å². The molecule has 0 radical (unpaired) electrons. The van der Waals surface area contributed by atoms with E-state index in [4.69, 9.17) is 49.0 Å². The number of rotatable bonds is 9. The summed E-state index contributed by atoms with van der Waals surface area (Å²) in [6.45, 7) is 5.80. The number of benzene rings is 3. The monoisotopic (exact) mass is 849 g/mol. The molecule has 2 aromatic heterocycles. The Balaban J connectivity index is 0.000000202. The number of halogens is 3. The topological polar surface area (TPSA) is 111 Å². The first-order chi connectivity index (χ1) is 27.2. The normalized spacial score (nSPS) is 21.6. The average Bonchev–Trinajstić information content (AvgIpc) is 4.06. The summed E-state index contributed by atoms with van der Waals surface area (Å²) in [4.78, 5) is 23.8. The van der Waals surface area contributed by atoms with Crippen molar-refractivity contribution in [3.05, 3.63) is 135 Å². The third kappa shape index (κ3) is 9.52. The highest BCUT2D eigenvalue weighted by Gasteiger charge is 2.45. The van der Waals surface area contributed by atoms with E-state index in [1.165, 1.54) is 0 Å². The van der Waals surface area contributed by atoms with Crippen molar-refractivity contribution in [3.63, 3.8) is 0 Å². The van der Waals surface area contributed by atoms with Crippen LogP contribution in [-0.4, -0.2) is 81.2 Å². The summed E-state index contributed by atoms with van der Waals surface area (Å²) in [7, 11) is 0. The van der Waals surface area contributed by atoms with Gasteiger partial charge < -0.3 is 28.6 Å². The molecule has 290 valence electrons. The summed E-state index contributed by atoms with van der Waals surface area (Å²) < 4.78 is 23.4. The van der Waals surface area contributed by atoms with Crippen molar-refractivity contribution in [2.75, 3.05) is 50.0 Å². The van der Waals surface area contributed by atoms with Gasteiger partial charge in [0, 0.05) is 90.2 Å². The summed E-state index contributed by atoms with van der Waals surface area (Å²) in [6.07, 6.45) is 10.1.